The molecule has 4 nitrogen and oxygen atoms in total. The van der Waals surface area contributed by atoms with Gasteiger partial charge in [-0.1, -0.05) is 0 Å². The van der Waals surface area contributed by atoms with Gasteiger partial charge in [0.1, 0.15) is 5.01 Å². The molecule has 1 amide bonds. The topological polar surface area (TPSA) is 59.2 Å². The van der Waals surface area contributed by atoms with Crippen LogP contribution in [0.4, 0.5) is 0 Å². The summed E-state index contributed by atoms with van der Waals surface area (Å²) < 4.78 is 0. The number of carbonyl (C=O) groups is 1. The third-order valence-electron chi connectivity index (χ3n) is 2.95. The van der Waals surface area contributed by atoms with Crippen molar-refractivity contribution >= 4 is 17.2 Å². The van der Waals surface area contributed by atoms with E-state index in [1.807, 2.05) is 24.1 Å². The molecule has 1 fully saturated rings. The van der Waals surface area contributed by atoms with Crippen LogP contribution in [-0.2, 0) is 4.79 Å². The van der Waals surface area contributed by atoms with E-state index in [1.165, 1.54) is 0 Å². The van der Waals surface area contributed by atoms with Gasteiger partial charge in [-0.05, 0) is 20.3 Å². The highest BCUT2D eigenvalue weighted by Crippen LogP contribution is 2.33. The Morgan fingerprint density at radius 3 is 2.94 bits per heavy atom. The zero-order valence-corrected chi connectivity index (χ0v) is 10.4. The predicted octanol–water partition coefficient (Wildman–Crippen LogP) is 1.54. The molecule has 1 saturated heterocycles. The highest BCUT2D eigenvalue weighted by Gasteiger charge is 2.37. The van der Waals surface area contributed by atoms with Crippen molar-refractivity contribution in [3.05, 3.63) is 16.6 Å². The molecule has 1 aliphatic rings. The van der Waals surface area contributed by atoms with Gasteiger partial charge in [-0.15, -0.1) is 11.3 Å². The second-order valence-electron chi connectivity index (χ2n) is 4.41. The van der Waals surface area contributed by atoms with Gasteiger partial charge in [-0.3, -0.25) is 4.79 Å². The molecule has 0 bridgehead atoms. The molecule has 0 aliphatic carbocycles. The lowest BCUT2D eigenvalue weighted by Crippen LogP contribution is -2.51. The van der Waals surface area contributed by atoms with Gasteiger partial charge in [0.2, 0.25) is 5.91 Å². The van der Waals surface area contributed by atoms with E-state index in [2.05, 4.69) is 4.98 Å². The quantitative estimate of drug-likeness (QED) is 0.851. The summed E-state index contributed by atoms with van der Waals surface area (Å²) in [5.41, 5.74) is 6.13. The molecule has 1 aliphatic heterocycles. The second-order valence-corrected chi connectivity index (χ2v) is 5.34. The number of hydrogen-bond donors (Lipinski definition) is 1. The molecular weight excluding hydrogens is 222 g/mol. The zero-order valence-electron chi connectivity index (χ0n) is 9.59. The van der Waals surface area contributed by atoms with Crippen LogP contribution in [0, 0.1) is 0 Å². The maximum absolute atomic E-state index is 11.9. The number of aromatic nitrogens is 1. The largest absolute Gasteiger partial charge is 0.329 e. The number of piperidine rings is 1. The third kappa shape index (κ3) is 1.97. The fraction of sp³-hybridized carbons (Fsp3) is 0.636. The standard InChI is InChI=1S/C11H17N3OS/c1-7(2)14-9(15)4-3-8(12)10(14)11-13-5-6-16-11/h5-8,10H,3-4,12H2,1-2H3. The third-order valence-corrected chi connectivity index (χ3v) is 3.79. The van der Waals surface area contributed by atoms with Crippen molar-refractivity contribution in [2.75, 3.05) is 0 Å². The van der Waals surface area contributed by atoms with Crippen molar-refractivity contribution in [1.82, 2.24) is 9.88 Å². The Bertz CT molecular complexity index is 363. The van der Waals surface area contributed by atoms with Crippen LogP contribution >= 0.6 is 11.3 Å². The zero-order chi connectivity index (χ0) is 11.7. The Hall–Kier alpha value is -0.940. The second kappa shape index (κ2) is 4.51. The normalized spacial score (nSPS) is 26.5. The van der Waals surface area contributed by atoms with E-state index in [0.29, 0.717) is 6.42 Å². The molecule has 2 atom stereocenters. The maximum Gasteiger partial charge on any atom is 0.223 e. The molecule has 2 rings (SSSR count). The molecule has 0 radical (unpaired) electrons. The molecule has 2 heterocycles. The Kier molecular flexibility index (Phi) is 3.25. The van der Waals surface area contributed by atoms with Crippen LogP contribution in [0.2, 0.25) is 0 Å². The first kappa shape index (κ1) is 11.5. The smallest absolute Gasteiger partial charge is 0.223 e. The fourth-order valence-corrected chi connectivity index (χ4v) is 3.04. The van der Waals surface area contributed by atoms with Gasteiger partial charge in [0.15, 0.2) is 0 Å². The van der Waals surface area contributed by atoms with Gasteiger partial charge in [-0.25, -0.2) is 4.98 Å². The SMILES string of the molecule is CC(C)N1C(=O)CCC(N)C1c1nccs1. The summed E-state index contributed by atoms with van der Waals surface area (Å²) in [6.45, 7) is 4.05. The van der Waals surface area contributed by atoms with E-state index in [-0.39, 0.29) is 24.0 Å². The lowest BCUT2D eigenvalue weighted by Gasteiger charge is -2.41. The van der Waals surface area contributed by atoms with Gasteiger partial charge in [0.05, 0.1) is 6.04 Å². The predicted molar refractivity (Wildman–Crippen MR) is 64.0 cm³/mol. The molecule has 88 valence electrons. The minimum absolute atomic E-state index is 0.00579. The minimum atomic E-state index is -0.0405. The Morgan fingerprint density at radius 1 is 1.62 bits per heavy atom. The van der Waals surface area contributed by atoms with Gasteiger partial charge < -0.3 is 10.6 Å². The number of rotatable bonds is 2. The monoisotopic (exact) mass is 239 g/mol. The number of nitrogens with two attached hydrogens (primary N) is 1. The Labute approximate surface area is 99.5 Å². The highest BCUT2D eigenvalue weighted by molar-refractivity contribution is 7.09. The van der Waals surface area contributed by atoms with E-state index in [9.17, 15) is 4.79 Å². The summed E-state index contributed by atoms with van der Waals surface area (Å²) in [5, 5.41) is 2.88. The molecule has 2 N–H and O–H groups in total. The van der Waals surface area contributed by atoms with E-state index in [4.69, 9.17) is 5.73 Å². The summed E-state index contributed by atoms with van der Waals surface area (Å²) in [4.78, 5) is 18.1. The van der Waals surface area contributed by atoms with E-state index < -0.39 is 0 Å². The Morgan fingerprint density at radius 2 is 2.38 bits per heavy atom. The number of hydrogen-bond acceptors (Lipinski definition) is 4. The van der Waals surface area contributed by atoms with Gasteiger partial charge in [0, 0.05) is 30.1 Å². The number of carbonyl (C=O) groups excluding carboxylic acids is 1. The van der Waals surface area contributed by atoms with Crippen LogP contribution in [0.3, 0.4) is 0 Å². The summed E-state index contributed by atoms with van der Waals surface area (Å²) in [6.07, 6.45) is 3.08. The van der Waals surface area contributed by atoms with Crippen molar-refractivity contribution in [1.29, 1.82) is 0 Å². The molecule has 0 spiro atoms. The van der Waals surface area contributed by atoms with Crippen LogP contribution in [-0.4, -0.2) is 27.9 Å². The maximum atomic E-state index is 11.9. The Balaban J connectivity index is 2.32. The number of likely N-dealkylation sites (tertiary alicyclic amines) is 1. The summed E-state index contributed by atoms with van der Waals surface area (Å²) in [7, 11) is 0. The van der Waals surface area contributed by atoms with Crippen LogP contribution in [0.5, 0.6) is 0 Å². The number of nitrogens with zero attached hydrogens (tertiary/aromatic N) is 2. The van der Waals surface area contributed by atoms with Crippen LogP contribution in [0.1, 0.15) is 37.7 Å². The fourth-order valence-electron chi connectivity index (χ4n) is 2.23. The first-order valence-electron chi connectivity index (χ1n) is 5.57. The van der Waals surface area contributed by atoms with E-state index in [1.54, 1.807) is 17.5 Å². The van der Waals surface area contributed by atoms with Crippen molar-refractivity contribution in [2.24, 2.45) is 5.73 Å². The average Bonchev–Trinajstić information content (AvgIpc) is 2.73. The lowest BCUT2D eigenvalue weighted by molar-refractivity contribution is -0.139. The number of thiazole rings is 1. The first-order chi connectivity index (χ1) is 7.61. The van der Waals surface area contributed by atoms with Crippen molar-refractivity contribution in [3.8, 4) is 0 Å². The van der Waals surface area contributed by atoms with Crippen molar-refractivity contribution < 1.29 is 4.79 Å². The van der Waals surface area contributed by atoms with E-state index in [0.717, 1.165) is 11.4 Å². The van der Waals surface area contributed by atoms with Crippen LogP contribution < -0.4 is 5.73 Å². The molecule has 0 aromatic carbocycles. The van der Waals surface area contributed by atoms with Gasteiger partial charge in [0.25, 0.3) is 0 Å². The van der Waals surface area contributed by atoms with Crippen LogP contribution in [0.25, 0.3) is 0 Å². The average molecular weight is 239 g/mol. The van der Waals surface area contributed by atoms with Crippen LogP contribution in [0.15, 0.2) is 11.6 Å². The number of amides is 1. The lowest BCUT2D eigenvalue weighted by atomic mass is 9.95. The van der Waals surface area contributed by atoms with Crippen molar-refractivity contribution in [2.45, 2.75) is 44.8 Å². The van der Waals surface area contributed by atoms with Crippen molar-refractivity contribution in [3.63, 3.8) is 0 Å². The molecular formula is C11H17N3OS. The molecule has 2 unspecified atom stereocenters. The molecule has 16 heavy (non-hydrogen) atoms. The molecule has 1 aromatic rings. The molecule has 0 saturated carbocycles. The van der Waals surface area contributed by atoms with E-state index >= 15 is 0 Å². The minimum Gasteiger partial charge on any atom is -0.329 e. The highest BCUT2D eigenvalue weighted by atomic mass is 32.1. The van der Waals surface area contributed by atoms with Gasteiger partial charge in [-0.2, -0.15) is 0 Å². The molecule has 5 heteroatoms. The summed E-state index contributed by atoms with van der Waals surface area (Å²) >= 11 is 1.57. The summed E-state index contributed by atoms with van der Waals surface area (Å²) in [5.74, 6) is 0.192. The summed E-state index contributed by atoms with van der Waals surface area (Å²) in [6, 6.07) is 0.139. The first-order valence-corrected chi connectivity index (χ1v) is 6.45. The van der Waals surface area contributed by atoms with Gasteiger partial charge >= 0.3 is 0 Å². The molecule has 1 aromatic heterocycles.